The highest BCUT2D eigenvalue weighted by atomic mass is 79.9. The van der Waals surface area contributed by atoms with Gasteiger partial charge in [-0.1, -0.05) is 52.0 Å². The van der Waals surface area contributed by atoms with Crippen molar-refractivity contribution in [3.05, 3.63) is 75.5 Å². The first-order chi connectivity index (χ1) is 14.5. The molecule has 0 aliphatic carbocycles. The zero-order chi connectivity index (χ0) is 21.1. The van der Waals surface area contributed by atoms with Gasteiger partial charge >= 0.3 is 0 Å². The fourth-order valence-corrected chi connectivity index (χ4v) is 5.11. The van der Waals surface area contributed by atoms with E-state index in [0.29, 0.717) is 0 Å². The SMILES string of the molecule is Cc1ccccc1-c1nc(CSc2nnc(C(C)Oc3ccc(Br)cc3)n2C)cs1. The van der Waals surface area contributed by atoms with Gasteiger partial charge in [0.15, 0.2) is 17.1 Å². The summed E-state index contributed by atoms with van der Waals surface area (Å²) in [5.74, 6) is 2.34. The minimum atomic E-state index is -0.204. The van der Waals surface area contributed by atoms with Crippen molar-refractivity contribution in [3.63, 3.8) is 0 Å². The maximum atomic E-state index is 6.01. The number of rotatable bonds is 7. The molecule has 1 atom stereocenters. The van der Waals surface area contributed by atoms with E-state index in [1.165, 1.54) is 11.1 Å². The van der Waals surface area contributed by atoms with Gasteiger partial charge in [0.1, 0.15) is 10.8 Å². The average molecular weight is 501 g/mol. The lowest BCUT2D eigenvalue weighted by atomic mass is 10.1. The van der Waals surface area contributed by atoms with Crippen molar-refractivity contribution >= 4 is 39.0 Å². The standard InChI is InChI=1S/C22H21BrN4OS2/c1-14-6-4-5-7-19(14)21-24-17(12-29-21)13-30-22-26-25-20(27(22)3)15(2)28-18-10-8-16(23)9-11-18/h4-12,15H,13H2,1-3H3. The molecule has 0 fully saturated rings. The molecule has 0 spiro atoms. The molecule has 2 aromatic carbocycles. The highest BCUT2D eigenvalue weighted by Crippen LogP contribution is 2.30. The number of thiazole rings is 1. The quantitative estimate of drug-likeness (QED) is 0.273. The number of thioether (sulfide) groups is 1. The van der Waals surface area contributed by atoms with E-state index in [-0.39, 0.29) is 6.10 Å². The van der Waals surface area contributed by atoms with E-state index in [2.05, 4.69) is 62.7 Å². The third-order valence-corrected chi connectivity index (χ3v) is 7.14. The molecule has 0 radical (unpaired) electrons. The number of ether oxygens (including phenoxy) is 1. The van der Waals surface area contributed by atoms with Crippen LogP contribution in [-0.4, -0.2) is 19.7 Å². The normalized spacial score (nSPS) is 12.1. The zero-order valence-electron chi connectivity index (χ0n) is 16.9. The summed E-state index contributed by atoms with van der Waals surface area (Å²) >= 11 is 6.75. The summed E-state index contributed by atoms with van der Waals surface area (Å²) in [6.45, 7) is 4.10. The second-order valence-corrected chi connectivity index (χ2v) is 9.58. The van der Waals surface area contributed by atoms with Crippen molar-refractivity contribution in [2.24, 2.45) is 7.05 Å². The Bertz CT molecular complexity index is 1140. The number of aromatic nitrogens is 4. The van der Waals surface area contributed by atoms with Gasteiger partial charge in [0, 0.05) is 28.2 Å². The lowest BCUT2D eigenvalue weighted by molar-refractivity contribution is 0.211. The average Bonchev–Trinajstić information content (AvgIpc) is 3.35. The van der Waals surface area contributed by atoms with E-state index in [1.807, 2.05) is 42.8 Å². The van der Waals surface area contributed by atoms with E-state index in [0.717, 1.165) is 37.7 Å². The summed E-state index contributed by atoms with van der Waals surface area (Å²) in [5.41, 5.74) is 3.48. The lowest BCUT2D eigenvalue weighted by Crippen LogP contribution is -2.10. The van der Waals surface area contributed by atoms with Gasteiger partial charge in [-0.15, -0.1) is 21.5 Å². The van der Waals surface area contributed by atoms with Crippen molar-refractivity contribution in [1.82, 2.24) is 19.7 Å². The number of hydrogen-bond donors (Lipinski definition) is 0. The van der Waals surface area contributed by atoms with Gasteiger partial charge in [-0.05, 0) is 43.7 Å². The number of nitrogens with zero attached hydrogens (tertiary/aromatic N) is 4. The van der Waals surface area contributed by atoms with Gasteiger partial charge in [0.05, 0.1) is 5.69 Å². The second kappa shape index (κ2) is 9.32. The van der Waals surface area contributed by atoms with E-state index in [1.54, 1.807) is 23.1 Å². The van der Waals surface area contributed by atoms with Crippen molar-refractivity contribution < 1.29 is 4.74 Å². The molecule has 4 rings (SSSR count). The van der Waals surface area contributed by atoms with E-state index < -0.39 is 0 Å². The molecule has 0 aliphatic heterocycles. The van der Waals surface area contributed by atoms with E-state index in [9.17, 15) is 0 Å². The summed E-state index contributed by atoms with van der Waals surface area (Å²) in [5, 5.41) is 12.7. The molecule has 1 unspecified atom stereocenters. The molecule has 4 aromatic rings. The smallest absolute Gasteiger partial charge is 0.191 e. The van der Waals surface area contributed by atoms with Crippen molar-refractivity contribution in [2.45, 2.75) is 30.9 Å². The van der Waals surface area contributed by atoms with Crippen molar-refractivity contribution in [3.8, 4) is 16.3 Å². The maximum absolute atomic E-state index is 6.01. The predicted molar refractivity (Wildman–Crippen MR) is 126 cm³/mol. The monoisotopic (exact) mass is 500 g/mol. The molecule has 0 N–H and O–H groups in total. The lowest BCUT2D eigenvalue weighted by Gasteiger charge is -2.14. The highest BCUT2D eigenvalue weighted by molar-refractivity contribution is 9.10. The van der Waals surface area contributed by atoms with Crippen LogP contribution in [-0.2, 0) is 12.8 Å². The van der Waals surface area contributed by atoms with Crippen LogP contribution in [0.5, 0.6) is 5.75 Å². The summed E-state index contributed by atoms with van der Waals surface area (Å²) in [7, 11) is 1.97. The Morgan fingerprint density at radius 2 is 1.90 bits per heavy atom. The molecule has 154 valence electrons. The fraction of sp³-hybridized carbons (Fsp3) is 0.227. The number of halogens is 1. The Labute approximate surface area is 192 Å². The largest absolute Gasteiger partial charge is 0.483 e. The summed E-state index contributed by atoms with van der Waals surface area (Å²) < 4.78 is 9.02. The fourth-order valence-electron chi connectivity index (χ4n) is 3.02. The van der Waals surface area contributed by atoms with Gasteiger partial charge in [0.2, 0.25) is 0 Å². The van der Waals surface area contributed by atoms with Gasteiger partial charge in [0.25, 0.3) is 0 Å². The Morgan fingerprint density at radius 1 is 1.13 bits per heavy atom. The zero-order valence-corrected chi connectivity index (χ0v) is 20.1. The minimum Gasteiger partial charge on any atom is -0.483 e. The summed E-state index contributed by atoms with van der Waals surface area (Å²) in [6, 6.07) is 16.1. The maximum Gasteiger partial charge on any atom is 0.191 e. The Kier molecular flexibility index (Phi) is 6.55. The van der Waals surface area contributed by atoms with Crippen molar-refractivity contribution in [1.29, 1.82) is 0 Å². The van der Waals surface area contributed by atoms with Gasteiger partial charge in [-0.3, -0.25) is 0 Å². The highest BCUT2D eigenvalue weighted by Gasteiger charge is 2.18. The van der Waals surface area contributed by atoms with Gasteiger partial charge in [-0.25, -0.2) is 4.98 Å². The Balaban J connectivity index is 1.41. The third kappa shape index (κ3) is 4.77. The topological polar surface area (TPSA) is 52.8 Å². The van der Waals surface area contributed by atoms with Gasteiger partial charge in [-0.2, -0.15) is 0 Å². The number of hydrogen-bond acceptors (Lipinski definition) is 6. The van der Waals surface area contributed by atoms with Crippen LogP contribution in [0.15, 0.2) is 63.5 Å². The molecule has 0 saturated carbocycles. The van der Waals surface area contributed by atoms with Crippen LogP contribution in [0.3, 0.4) is 0 Å². The Morgan fingerprint density at radius 3 is 2.67 bits per heavy atom. The van der Waals surface area contributed by atoms with Gasteiger partial charge < -0.3 is 9.30 Å². The molecule has 5 nitrogen and oxygen atoms in total. The van der Waals surface area contributed by atoms with Crippen LogP contribution in [0.4, 0.5) is 0 Å². The molecular weight excluding hydrogens is 480 g/mol. The summed E-state index contributed by atoms with van der Waals surface area (Å²) in [4.78, 5) is 4.80. The van der Waals surface area contributed by atoms with Crippen molar-refractivity contribution in [2.75, 3.05) is 0 Å². The van der Waals surface area contributed by atoms with Crippen LogP contribution >= 0.6 is 39.0 Å². The second-order valence-electron chi connectivity index (χ2n) is 6.86. The molecular formula is C22H21BrN4OS2. The van der Waals surface area contributed by atoms with Crippen LogP contribution in [0.2, 0.25) is 0 Å². The molecule has 2 heterocycles. The van der Waals surface area contributed by atoms with Crippen LogP contribution < -0.4 is 4.74 Å². The molecule has 0 bridgehead atoms. The van der Waals surface area contributed by atoms with Crippen LogP contribution in [0.1, 0.15) is 30.1 Å². The summed E-state index contributed by atoms with van der Waals surface area (Å²) in [6.07, 6.45) is -0.204. The van der Waals surface area contributed by atoms with Crippen LogP contribution in [0, 0.1) is 6.92 Å². The van der Waals surface area contributed by atoms with E-state index >= 15 is 0 Å². The molecule has 0 aliphatic rings. The first kappa shape index (κ1) is 21.1. The third-order valence-electron chi connectivity index (χ3n) is 4.64. The molecule has 8 heteroatoms. The molecule has 2 aromatic heterocycles. The van der Waals surface area contributed by atoms with E-state index in [4.69, 9.17) is 9.72 Å². The Hall–Kier alpha value is -2.16. The predicted octanol–water partition coefficient (Wildman–Crippen LogP) is 6.44. The first-order valence-corrected chi connectivity index (χ1v) is 12.1. The van der Waals surface area contributed by atoms with Crippen LogP contribution in [0.25, 0.3) is 10.6 Å². The minimum absolute atomic E-state index is 0.204. The molecule has 30 heavy (non-hydrogen) atoms. The molecule has 0 amide bonds. The number of benzene rings is 2. The molecule has 0 saturated heterocycles. The number of aryl methyl sites for hydroxylation is 1. The first-order valence-electron chi connectivity index (χ1n) is 9.46.